The Hall–Kier alpha value is -2.45. The molecule has 29 heavy (non-hydrogen) atoms. The van der Waals surface area contributed by atoms with Crippen LogP contribution in [0.1, 0.15) is 18.5 Å². The monoisotopic (exact) mass is 415 g/mol. The minimum atomic E-state index is -0.587. The lowest BCUT2D eigenvalue weighted by molar-refractivity contribution is -0.129. The molecule has 1 saturated carbocycles. The zero-order chi connectivity index (χ0) is 20.0. The number of hydrogen-bond donors (Lipinski definition) is 1. The summed E-state index contributed by atoms with van der Waals surface area (Å²) in [5.74, 6) is 0.908. The normalized spacial score (nSPS) is 26.6. The Morgan fingerprint density at radius 3 is 2.76 bits per heavy atom. The first-order valence-corrected chi connectivity index (χ1v) is 10.7. The third-order valence-electron chi connectivity index (χ3n) is 6.01. The van der Waals surface area contributed by atoms with Crippen molar-refractivity contribution >= 4 is 22.2 Å². The molecule has 0 radical (unpaired) electrons. The van der Waals surface area contributed by atoms with E-state index in [2.05, 4.69) is 4.98 Å². The van der Waals surface area contributed by atoms with Gasteiger partial charge in [-0.05, 0) is 48.9 Å². The van der Waals surface area contributed by atoms with E-state index < -0.39 is 6.10 Å². The predicted molar refractivity (Wildman–Crippen MR) is 106 cm³/mol. The lowest BCUT2D eigenvalue weighted by Crippen LogP contribution is -2.42. The van der Waals surface area contributed by atoms with Gasteiger partial charge >= 0.3 is 0 Å². The van der Waals surface area contributed by atoms with Crippen LogP contribution in [0.15, 0.2) is 42.0 Å². The van der Waals surface area contributed by atoms with E-state index >= 15 is 0 Å². The van der Waals surface area contributed by atoms with Gasteiger partial charge in [0.05, 0.1) is 18.2 Å². The summed E-state index contributed by atoms with van der Waals surface area (Å²) >= 11 is 1.55. The van der Waals surface area contributed by atoms with Crippen LogP contribution < -0.4 is 4.74 Å². The van der Waals surface area contributed by atoms with Gasteiger partial charge in [-0.15, -0.1) is 11.3 Å². The molecule has 4 atom stereocenters. The van der Waals surface area contributed by atoms with Crippen molar-refractivity contribution in [2.45, 2.75) is 31.5 Å². The van der Waals surface area contributed by atoms with Crippen molar-refractivity contribution in [2.75, 3.05) is 13.1 Å². The summed E-state index contributed by atoms with van der Waals surface area (Å²) in [6.45, 7) is 1.35. The van der Waals surface area contributed by atoms with Crippen LogP contribution in [0.5, 0.6) is 5.75 Å². The van der Waals surface area contributed by atoms with Crippen LogP contribution in [0, 0.1) is 17.7 Å². The molecule has 1 N–H and O–H groups in total. The fourth-order valence-corrected chi connectivity index (χ4v) is 5.26. The molecule has 0 spiro atoms. The zero-order valence-electron chi connectivity index (χ0n) is 15.8. The van der Waals surface area contributed by atoms with Crippen LogP contribution >= 0.6 is 11.3 Å². The van der Waals surface area contributed by atoms with E-state index in [4.69, 9.17) is 4.74 Å². The maximum absolute atomic E-state index is 13.1. The number of carbonyl (C=O) groups excluding carboxylic acids is 1. The molecule has 1 saturated heterocycles. The smallest absolute Gasteiger partial charge is 0.228 e. The number of amides is 1. The Morgan fingerprint density at radius 2 is 2.00 bits per heavy atom. The molecule has 1 aliphatic carbocycles. The number of aromatic nitrogens is 2. The molecule has 3 heterocycles. The summed E-state index contributed by atoms with van der Waals surface area (Å²) in [6, 6.07) is 5.86. The third-order valence-corrected chi connectivity index (χ3v) is 6.78. The van der Waals surface area contributed by atoms with Crippen molar-refractivity contribution in [1.82, 2.24) is 14.3 Å². The highest BCUT2D eigenvalue weighted by Crippen LogP contribution is 2.38. The van der Waals surface area contributed by atoms with Gasteiger partial charge in [-0.3, -0.25) is 9.20 Å². The minimum Gasteiger partial charge on any atom is -0.488 e. The molecule has 8 heteroatoms. The summed E-state index contributed by atoms with van der Waals surface area (Å²) in [5.41, 5.74) is 0.786. The predicted octanol–water partition coefficient (Wildman–Crippen LogP) is 2.75. The fraction of sp³-hybridized carbons (Fsp3) is 0.429. The second kappa shape index (κ2) is 7.42. The van der Waals surface area contributed by atoms with Gasteiger partial charge in [-0.2, -0.15) is 0 Å². The van der Waals surface area contributed by atoms with E-state index in [9.17, 15) is 14.3 Å². The number of nitrogens with zero attached hydrogens (tertiary/aromatic N) is 3. The maximum atomic E-state index is 13.1. The Balaban J connectivity index is 1.21. The number of aliphatic hydroxyl groups excluding tert-OH is 1. The number of ether oxygens (including phenoxy) is 1. The molecule has 152 valence electrons. The standard InChI is InChI=1S/C21H22FN3O3S/c22-15-1-3-17(4-2-15)28-19-8-14-11-25(10-13(14)7-18(19)26)20(27)9-16-12-24-5-6-29-21(24)23-16/h1-6,12-14,18-19,26H,7-11H2/t13-,14+,18+,19+/m0/s1. The molecular formula is C21H22FN3O3S. The second-order valence-electron chi connectivity index (χ2n) is 7.97. The highest BCUT2D eigenvalue weighted by Gasteiger charge is 2.43. The van der Waals surface area contributed by atoms with Crippen LogP contribution in [0.4, 0.5) is 4.39 Å². The van der Waals surface area contributed by atoms with E-state index in [1.165, 1.54) is 12.1 Å². The van der Waals surface area contributed by atoms with Crippen molar-refractivity contribution in [3.8, 4) is 5.75 Å². The Labute approximate surface area is 171 Å². The molecule has 1 aromatic carbocycles. The van der Waals surface area contributed by atoms with E-state index in [0.29, 0.717) is 44.0 Å². The van der Waals surface area contributed by atoms with Gasteiger partial charge in [0.25, 0.3) is 0 Å². The van der Waals surface area contributed by atoms with Gasteiger partial charge < -0.3 is 14.7 Å². The maximum Gasteiger partial charge on any atom is 0.228 e. The highest BCUT2D eigenvalue weighted by atomic mass is 32.1. The summed E-state index contributed by atoms with van der Waals surface area (Å²) in [7, 11) is 0. The Bertz CT molecular complexity index is 989. The third kappa shape index (κ3) is 3.74. The van der Waals surface area contributed by atoms with Crippen molar-refractivity contribution < 1.29 is 19.0 Å². The number of rotatable bonds is 4. The minimum absolute atomic E-state index is 0.0793. The van der Waals surface area contributed by atoms with Crippen LogP contribution in [0.25, 0.3) is 4.96 Å². The number of fused-ring (bicyclic) bond motifs is 2. The lowest BCUT2D eigenvalue weighted by Gasteiger charge is -2.35. The van der Waals surface area contributed by atoms with Gasteiger partial charge in [0.15, 0.2) is 4.96 Å². The summed E-state index contributed by atoms with van der Waals surface area (Å²) in [5, 5.41) is 12.5. The van der Waals surface area contributed by atoms with Crippen LogP contribution in [0.2, 0.25) is 0 Å². The fourth-order valence-electron chi connectivity index (χ4n) is 4.54. The number of thiazole rings is 1. The summed E-state index contributed by atoms with van der Waals surface area (Å²) in [4.78, 5) is 20.1. The number of hydrogen-bond acceptors (Lipinski definition) is 5. The molecule has 0 bridgehead atoms. The molecule has 3 aromatic rings. The van der Waals surface area contributed by atoms with Gasteiger partial charge in [0, 0.05) is 30.9 Å². The average Bonchev–Trinajstić information content (AvgIpc) is 3.38. The number of carbonyl (C=O) groups is 1. The molecule has 1 aliphatic heterocycles. The van der Waals surface area contributed by atoms with E-state index in [1.54, 1.807) is 23.5 Å². The summed E-state index contributed by atoms with van der Waals surface area (Å²) < 4.78 is 20.9. The number of aliphatic hydroxyl groups is 1. The zero-order valence-corrected chi connectivity index (χ0v) is 16.6. The largest absolute Gasteiger partial charge is 0.488 e. The van der Waals surface area contributed by atoms with Gasteiger partial charge in [0.1, 0.15) is 17.7 Å². The van der Waals surface area contributed by atoms with Crippen molar-refractivity contribution in [3.05, 3.63) is 53.6 Å². The number of halogens is 1. The first kappa shape index (κ1) is 18.6. The van der Waals surface area contributed by atoms with E-state index in [-0.39, 0.29) is 23.7 Å². The number of benzene rings is 1. The van der Waals surface area contributed by atoms with Crippen LogP contribution in [-0.4, -0.2) is 50.6 Å². The molecule has 2 aliphatic rings. The topological polar surface area (TPSA) is 67.1 Å². The first-order chi connectivity index (χ1) is 14.0. The second-order valence-corrected chi connectivity index (χ2v) is 8.84. The molecule has 0 unspecified atom stereocenters. The van der Waals surface area contributed by atoms with Gasteiger partial charge in [-0.25, -0.2) is 9.37 Å². The first-order valence-electron chi connectivity index (χ1n) is 9.84. The Kier molecular flexibility index (Phi) is 4.75. The van der Waals surface area contributed by atoms with Crippen molar-refractivity contribution in [3.63, 3.8) is 0 Å². The number of likely N-dealkylation sites (tertiary alicyclic amines) is 1. The molecule has 1 amide bonds. The van der Waals surface area contributed by atoms with Gasteiger partial charge in [-0.1, -0.05) is 0 Å². The molecule has 2 aromatic heterocycles. The average molecular weight is 415 g/mol. The number of imidazole rings is 1. The molecular weight excluding hydrogens is 393 g/mol. The quantitative estimate of drug-likeness (QED) is 0.712. The van der Waals surface area contributed by atoms with Crippen LogP contribution in [-0.2, 0) is 11.2 Å². The molecule has 5 rings (SSSR count). The SMILES string of the molecule is O=C(Cc1cn2ccsc2n1)N1C[C@H]2C[C@@H](Oc3ccc(F)cc3)[C@H](O)C[C@H]2C1. The van der Waals surface area contributed by atoms with Crippen molar-refractivity contribution in [1.29, 1.82) is 0 Å². The highest BCUT2D eigenvalue weighted by molar-refractivity contribution is 7.15. The van der Waals surface area contributed by atoms with Crippen molar-refractivity contribution in [2.24, 2.45) is 11.8 Å². The van der Waals surface area contributed by atoms with E-state index in [1.807, 2.05) is 27.1 Å². The summed E-state index contributed by atoms with van der Waals surface area (Å²) in [6.07, 6.45) is 4.52. The van der Waals surface area contributed by atoms with Crippen LogP contribution in [0.3, 0.4) is 0 Å². The molecule has 6 nitrogen and oxygen atoms in total. The Morgan fingerprint density at radius 1 is 1.24 bits per heavy atom. The molecule has 2 fully saturated rings. The van der Waals surface area contributed by atoms with E-state index in [0.717, 1.165) is 10.7 Å². The lowest BCUT2D eigenvalue weighted by atomic mass is 9.78. The van der Waals surface area contributed by atoms with Gasteiger partial charge in [0.2, 0.25) is 5.91 Å².